The van der Waals surface area contributed by atoms with Crippen LogP contribution in [0.3, 0.4) is 0 Å². The van der Waals surface area contributed by atoms with E-state index in [2.05, 4.69) is 5.32 Å². The van der Waals surface area contributed by atoms with Gasteiger partial charge in [-0.05, 0) is 37.3 Å². The third-order valence-electron chi connectivity index (χ3n) is 3.77. The first-order valence-electron chi connectivity index (χ1n) is 8.12. The van der Waals surface area contributed by atoms with Crippen LogP contribution in [0.5, 0.6) is 0 Å². The van der Waals surface area contributed by atoms with Gasteiger partial charge in [0.25, 0.3) is 5.91 Å². The van der Waals surface area contributed by atoms with Gasteiger partial charge in [0, 0.05) is 14.1 Å². The van der Waals surface area contributed by atoms with Gasteiger partial charge in [-0.3, -0.25) is 4.79 Å². The number of benzene rings is 2. The van der Waals surface area contributed by atoms with Gasteiger partial charge < -0.3 is 10.1 Å². The standard InChI is InChI=1S/C18H17Cl3N2O5S/c1-10(17(24)22-16-9-14(20)13(19)8-15(16)21)28-18(25)11-5-4-6-12(7-11)29(26,27)23(2)3/h4-10H,1-3H3,(H,22,24). The summed E-state index contributed by atoms with van der Waals surface area (Å²) in [5.41, 5.74) is 0.188. The highest BCUT2D eigenvalue weighted by atomic mass is 35.5. The molecule has 29 heavy (non-hydrogen) atoms. The van der Waals surface area contributed by atoms with Crippen molar-refractivity contribution >= 4 is 62.4 Å². The summed E-state index contributed by atoms with van der Waals surface area (Å²) in [6.45, 7) is 1.36. The summed E-state index contributed by atoms with van der Waals surface area (Å²) in [4.78, 5) is 24.6. The van der Waals surface area contributed by atoms with E-state index in [0.717, 1.165) is 4.31 Å². The molecule has 0 aromatic heterocycles. The molecular weight excluding hydrogens is 463 g/mol. The molecule has 0 heterocycles. The monoisotopic (exact) mass is 478 g/mol. The van der Waals surface area contributed by atoms with Gasteiger partial charge in [0.15, 0.2) is 6.10 Å². The number of hydrogen-bond donors (Lipinski definition) is 1. The second-order valence-electron chi connectivity index (χ2n) is 6.10. The minimum Gasteiger partial charge on any atom is -0.449 e. The minimum atomic E-state index is -3.72. The van der Waals surface area contributed by atoms with Crippen LogP contribution in [0.2, 0.25) is 15.1 Å². The Morgan fingerprint density at radius 2 is 1.66 bits per heavy atom. The van der Waals surface area contributed by atoms with E-state index >= 15 is 0 Å². The van der Waals surface area contributed by atoms with E-state index in [4.69, 9.17) is 39.5 Å². The number of nitrogens with zero attached hydrogens (tertiary/aromatic N) is 1. The van der Waals surface area contributed by atoms with Gasteiger partial charge in [-0.15, -0.1) is 0 Å². The van der Waals surface area contributed by atoms with E-state index in [9.17, 15) is 18.0 Å². The fourth-order valence-electron chi connectivity index (χ4n) is 2.13. The van der Waals surface area contributed by atoms with E-state index < -0.39 is 28.0 Å². The SMILES string of the molecule is CC(OC(=O)c1cccc(S(=O)(=O)N(C)C)c1)C(=O)Nc1cc(Cl)c(Cl)cc1Cl. The Hall–Kier alpha value is -1.84. The van der Waals surface area contributed by atoms with Crippen LogP contribution < -0.4 is 5.32 Å². The highest BCUT2D eigenvalue weighted by Crippen LogP contribution is 2.32. The second-order valence-corrected chi connectivity index (χ2v) is 9.47. The van der Waals surface area contributed by atoms with Crippen LogP contribution in [0.25, 0.3) is 0 Å². The fourth-order valence-corrected chi connectivity index (χ4v) is 3.67. The molecule has 0 bridgehead atoms. The lowest BCUT2D eigenvalue weighted by Crippen LogP contribution is -2.30. The maximum absolute atomic E-state index is 12.4. The Bertz CT molecular complexity index is 1060. The van der Waals surface area contributed by atoms with E-state index in [1.165, 1.54) is 57.4 Å². The highest BCUT2D eigenvalue weighted by Gasteiger charge is 2.23. The zero-order valence-electron chi connectivity index (χ0n) is 15.6. The number of ether oxygens (including phenoxy) is 1. The Morgan fingerprint density at radius 1 is 1.03 bits per heavy atom. The van der Waals surface area contributed by atoms with Gasteiger partial charge in [-0.1, -0.05) is 40.9 Å². The van der Waals surface area contributed by atoms with Gasteiger partial charge in [-0.2, -0.15) is 0 Å². The van der Waals surface area contributed by atoms with Crippen LogP contribution in [0.15, 0.2) is 41.3 Å². The first-order chi connectivity index (χ1) is 13.4. The summed E-state index contributed by atoms with van der Waals surface area (Å²) in [6.07, 6.45) is -1.19. The topological polar surface area (TPSA) is 92.8 Å². The van der Waals surface area contributed by atoms with Crippen LogP contribution in [0.1, 0.15) is 17.3 Å². The maximum Gasteiger partial charge on any atom is 0.338 e. The quantitative estimate of drug-likeness (QED) is 0.498. The van der Waals surface area contributed by atoms with Crippen molar-refractivity contribution in [2.24, 2.45) is 0 Å². The molecule has 0 aliphatic heterocycles. The molecule has 0 radical (unpaired) electrons. The van der Waals surface area contributed by atoms with Crippen LogP contribution in [-0.2, 0) is 19.6 Å². The molecule has 7 nitrogen and oxygen atoms in total. The zero-order chi connectivity index (χ0) is 21.9. The van der Waals surface area contributed by atoms with Gasteiger partial charge in [0.2, 0.25) is 10.0 Å². The third-order valence-corrected chi connectivity index (χ3v) is 6.62. The van der Waals surface area contributed by atoms with Crippen molar-refractivity contribution in [3.63, 3.8) is 0 Å². The Kier molecular flexibility index (Phi) is 7.53. The van der Waals surface area contributed by atoms with E-state index in [0.29, 0.717) is 0 Å². The average Bonchev–Trinajstić information content (AvgIpc) is 2.65. The molecule has 1 unspecified atom stereocenters. The number of amides is 1. The van der Waals surface area contributed by atoms with Gasteiger partial charge in [0.05, 0.1) is 31.2 Å². The molecule has 0 saturated heterocycles. The summed E-state index contributed by atoms with van der Waals surface area (Å²) in [6, 6.07) is 8.07. The van der Waals surface area contributed by atoms with Crippen LogP contribution in [-0.4, -0.2) is 44.8 Å². The molecule has 1 N–H and O–H groups in total. The minimum absolute atomic E-state index is 0.0138. The molecule has 11 heteroatoms. The molecule has 2 rings (SSSR count). The fraction of sp³-hybridized carbons (Fsp3) is 0.222. The number of sulfonamides is 1. The lowest BCUT2D eigenvalue weighted by atomic mass is 10.2. The molecule has 0 saturated carbocycles. The maximum atomic E-state index is 12.4. The number of anilines is 1. The Balaban J connectivity index is 2.13. The van der Waals surface area contributed by atoms with Crippen molar-refractivity contribution in [3.8, 4) is 0 Å². The normalized spacial score (nSPS) is 12.5. The molecule has 2 aromatic rings. The molecule has 156 valence electrons. The smallest absolute Gasteiger partial charge is 0.338 e. The van der Waals surface area contributed by atoms with Crippen LogP contribution >= 0.6 is 34.8 Å². The number of halogens is 3. The summed E-state index contributed by atoms with van der Waals surface area (Å²) in [7, 11) is -0.971. The predicted octanol–water partition coefficient (Wildman–Crippen LogP) is 4.08. The van der Waals surface area contributed by atoms with Crippen molar-refractivity contribution in [2.75, 3.05) is 19.4 Å². The number of esters is 1. The first-order valence-corrected chi connectivity index (χ1v) is 10.7. The zero-order valence-corrected chi connectivity index (χ0v) is 18.7. The lowest BCUT2D eigenvalue weighted by Gasteiger charge is -2.15. The summed E-state index contributed by atoms with van der Waals surface area (Å²) >= 11 is 17.8. The Labute approximate surface area is 183 Å². The van der Waals surface area contributed by atoms with Crippen molar-refractivity contribution < 1.29 is 22.7 Å². The number of hydrogen-bond acceptors (Lipinski definition) is 5. The molecule has 0 spiro atoms. The lowest BCUT2D eigenvalue weighted by molar-refractivity contribution is -0.123. The van der Waals surface area contributed by atoms with E-state index in [1.807, 2.05) is 0 Å². The first kappa shape index (κ1) is 23.4. The number of carbonyl (C=O) groups excluding carboxylic acids is 2. The molecule has 1 atom stereocenters. The van der Waals surface area contributed by atoms with E-state index in [1.54, 1.807) is 0 Å². The molecule has 1 amide bonds. The van der Waals surface area contributed by atoms with Crippen molar-refractivity contribution in [1.29, 1.82) is 0 Å². The van der Waals surface area contributed by atoms with Crippen molar-refractivity contribution in [3.05, 3.63) is 57.0 Å². The van der Waals surface area contributed by atoms with Gasteiger partial charge in [0.1, 0.15) is 0 Å². The summed E-state index contributed by atoms with van der Waals surface area (Å²) in [5, 5.41) is 3.07. The molecule has 0 aliphatic rings. The highest BCUT2D eigenvalue weighted by molar-refractivity contribution is 7.89. The largest absolute Gasteiger partial charge is 0.449 e. The number of carbonyl (C=O) groups is 2. The average molecular weight is 480 g/mol. The van der Waals surface area contributed by atoms with Crippen molar-refractivity contribution in [2.45, 2.75) is 17.9 Å². The van der Waals surface area contributed by atoms with Crippen molar-refractivity contribution in [1.82, 2.24) is 4.31 Å². The van der Waals surface area contributed by atoms with Crippen LogP contribution in [0, 0.1) is 0 Å². The Morgan fingerprint density at radius 3 is 2.28 bits per heavy atom. The molecule has 0 fully saturated rings. The summed E-state index contributed by atoms with van der Waals surface area (Å²) < 4.78 is 30.6. The summed E-state index contributed by atoms with van der Waals surface area (Å²) in [5.74, 6) is -1.51. The van der Waals surface area contributed by atoms with E-state index in [-0.39, 0.29) is 31.2 Å². The number of nitrogens with one attached hydrogen (secondary N) is 1. The molecular formula is C18H17Cl3N2O5S. The van der Waals surface area contributed by atoms with Gasteiger partial charge >= 0.3 is 5.97 Å². The van der Waals surface area contributed by atoms with Crippen LogP contribution in [0.4, 0.5) is 5.69 Å². The molecule has 2 aromatic carbocycles. The third kappa shape index (κ3) is 5.61. The van der Waals surface area contributed by atoms with Gasteiger partial charge in [-0.25, -0.2) is 17.5 Å². The number of rotatable bonds is 6. The second kappa shape index (κ2) is 9.32. The molecule has 0 aliphatic carbocycles. The predicted molar refractivity (Wildman–Crippen MR) is 112 cm³/mol.